The van der Waals surface area contributed by atoms with E-state index in [1.54, 1.807) is 18.4 Å². The molecule has 6 heteroatoms. The molecule has 0 saturated carbocycles. The van der Waals surface area contributed by atoms with Crippen LogP contribution in [0.1, 0.15) is 43.2 Å². The number of hydrogen-bond donors (Lipinski definition) is 0. The van der Waals surface area contributed by atoms with Crippen molar-refractivity contribution in [2.24, 2.45) is 0 Å². The summed E-state index contributed by atoms with van der Waals surface area (Å²) in [7, 11) is 0. The fraction of sp³-hybridized carbons (Fsp3) is 0.333. The molecule has 0 atom stereocenters. The van der Waals surface area contributed by atoms with Crippen LogP contribution in [0, 0.1) is 0 Å². The molecule has 1 aromatic heterocycles. The molecule has 0 fully saturated rings. The number of nitrogens with zero attached hydrogens (tertiary/aromatic N) is 1. The summed E-state index contributed by atoms with van der Waals surface area (Å²) in [5.74, 6) is 2.65. The Kier molecular flexibility index (Phi) is 7.49. The molecule has 158 valence electrons. The van der Waals surface area contributed by atoms with Crippen molar-refractivity contribution in [2.75, 3.05) is 19.8 Å². The molecule has 0 N–H and O–H groups in total. The molecule has 0 aliphatic rings. The van der Waals surface area contributed by atoms with Crippen LogP contribution in [0.3, 0.4) is 0 Å². The zero-order valence-corrected chi connectivity index (χ0v) is 17.6. The number of carbonyl (C=O) groups excluding carboxylic acids is 1. The average molecular weight is 409 g/mol. The average Bonchev–Trinajstić information content (AvgIpc) is 3.23. The van der Waals surface area contributed by atoms with Crippen LogP contribution in [0.15, 0.2) is 53.1 Å². The molecule has 1 heterocycles. The second-order valence-electron chi connectivity index (χ2n) is 6.55. The normalized spacial score (nSPS) is 10.6. The minimum absolute atomic E-state index is 0.0577. The fourth-order valence-corrected chi connectivity index (χ4v) is 3.03. The zero-order valence-electron chi connectivity index (χ0n) is 17.6. The molecule has 0 saturated heterocycles. The molecule has 6 nitrogen and oxygen atoms in total. The van der Waals surface area contributed by atoms with Gasteiger partial charge in [0.1, 0.15) is 12.0 Å². The number of benzene rings is 2. The number of hydrogen-bond acceptors (Lipinski definition) is 6. The van der Waals surface area contributed by atoms with Crippen molar-refractivity contribution in [3.63, 3.8) is 0 Å². The Morgan fingerprint density at radius 1 is 0.900 bits per heavy atom. The molecule has 0 amide bonds. The summed E-state index contributed by atoms with van der Waals surface area (Å²) >= 11 is 0. The lowest BCUT2D eigenvalue weighted by Gasteiger charge is -2.11. The fourth-order valence-electron chi connectivity index (χ4n) is 3.03. The number of ketones is 1. The molecule has 3 aromatic rings. The standard InChI is InChI=1S/C24H27NO5/c1-4-27-20-11-7-17(8-12-20)21(26)13-10-19-16-30-24(25-19)18-9-14-22(28-5-2)23(15-18)29-6-3/h7-9,11-12,14-16H,4-6,10,13H2,1-3H3. The zero-order chi connectivity index (χ0) is 21.3. The highest BCUT2D eigenvalue weighted by atomic mass is 16.5. The molecule has 0 radical (unpaired) electrons. The molecule has 3 rings (SSSR count). The van der Waals surface area contributed by atoms with E-state index >= 15 is 0 Å². The Balaban J connectivity index is 1.64. The minimum atomic E-state index is 0.0577. The second kappa shape index (κ2) is 10.5. The van der Waals surface area contributed by atoms with E-state index < -0.39 is 0 Å². The topological polar surface area (TPSA) is 70.8 Å². The third-order valence-electron chi connectivity index (χ3n) is 4.44. The van der Waals surface area contributed by atoms with Crippen molar-refractivity contribution in [3.05, 3.63) is 60.0 Å². The van der Waals surface area contributed by atoms with Crippen LogP contribution in [0.5, 0.6) is 17.2 Å². The van der Waals surface area contributed by atoms with Crippen LogP contribution in [-0.2, 0) is 6.42 Å². The van der Waals surface area contributed by atoms with Gasteiger partial charge in [0.15, 0.2) is 17.3 Å². The van der Waals surface area contributed by atoms with Crippen molar-refractivity contribution >= 4 is 5.78 Å². The summed E-state index contributed by atoms with van der Waals surface area (Å²) in [4.78, 5) is 17.0. The highest BCUT2D eigenvalue weighted by Gasteiger charge is 2.13. The highest BCUT2D eigenvalue weighted by Crippen LogP contribution is 2.32. The number of aromatic nitrogens is 1. The molecule has 2 aromatic carbocycles. The Hall–Kier alpha value is -3.28. The summed E-state index contributed by atoms with van der Waals surface area (Å²) in [5, 5.41) is 0. The number of rotatable bonds is 11. The van der Waals surface area contributed by atoms with Gasteiger partial charge in [-0.25, -0.2) is 4.98 Å². The predicted molar refractivity (Wildman–Crippen MR) is 115 cm³/mol. The van der Waals surface area contributed by atoms with Gasteiger partial charge in [-0.3, -0.25) is 4.79 Å². The second-order valence-corrected chi connectivity index (χ2v) is 6.55. The Labute approximate surface area is 176 Å². The number of oxazole rings is 1. The minimum Gasteiger partial charge on any atom is -0.494 e. The van der Waals surface area contributed by atoms with Gasteiger partial charge in [0.2, 0.25) is 5.89 Å². The number of ether oxygens (including phenoxy) is 3. The monoisotopic (exact) mass is 409 g/mol. The molecule has 0 unspecified atom stereocenters. The van der Waals surface area contributed by atoms with Crippen molar-refractivity contribution < 1.29 is 23.4 Å². The summed E-state index contributed by atoms with van der Waals surface area (Å²) in [6.07, 6.45) is 2.45. The smallest absolute Gasteiger partial charge is 0.226 e. The van der Waals surface area contributed by atoms with Crippen LogP contribution in [0.4, 0.5) is 0 Å². The van der Waals surface area contributed by atoms with E-state index in [9.17, 15) is 4.79 Å². The number of carbonyl (C=O) groups is 1. The summed E-state index contributed by atoms with van der Waals surface area (Å²) in [6.45, 7) is 7.48. The lowest BCUT2D eigenvalue weighted by Crippen LogP contribution is -2.02. The van der Waals surface area contributed by atoms with E-state index in [1.807, 2.05) is 51.1 Å². The Bertz CT molecular complexity index is 962. The van der Waals surface area contributed by atoms with Gasteiger partial charge in [-0.05, 0) is 63.2 Å². The van der Waals surface area contributed by atoms with Gasteiger partial charge in [-0.1, -0.05) is 0 Å². The first-order valence-electron chi connectivity index (χ1n) is 10.2. The molecular formula is C24H27NO5. The van der Waals surface area contributed by atoms with Gasteiger partial charge in [-0.15, -0.1) is 0 Å². The van der Waals surface area contributed by atoms with E-state index in [0.717, 1.165) is 17.0 Å². The first-order valence-corrected chi connectivity index (χ1v) is 10.2. The maximum Gasteiger partial charge on any atom is 0.226 e. The van der Waals surface area contributed by atoms with E-state index in [4.69, 9.17) is 18.6 Å². The molecule has 0 aliphatic carbocycles. The van der Waals surface area contributed by atoms with Crippen molar-refractivity contribution in [1.82, 2.24) is 4.98 Å². The van der Waals surface area contributed by atoms with E-state index in [1.165, 1.54) is 0 Å². The third kappa shape index (κ3) is 5.41. The first kappa shape index (κ1) is 21.4. The van der Waals surface area contributed by atoms with Gasteiger partial charge >= 0.3 is 0 Å². The van der Waals surface area contributed by atoms with Crippen molar-refractivity contribution in [1.29, 1.82) is 0 Å². The summed E-state index contributed by atoms with van der Waals surface area (Å²) < 4.78 is 22.3. The van der Waals surface area contributed by atoms with Gasteiger partial charge in [-0.2, -0.15) is 0 Å². The lowest BCUT2D eigenvalue weighted by atomic mass is 10.1. The van der Waals surface area contributed by atoms with Crippen molar-refractivity contribution in [3.8, 4) is 28.7 Å². The van der Waals surface area contributed by atoms with E-state index in [0.29, 0.717) is 55.6 Å². The van der Waals surface area contributed by atoms with Crippen LogP contribution in [-0.4, -0.2) is 30.6 Å². The lowest BCUT2D eigenvalue weighted by molar-refractivity contribution is 0.0982. The Morgan fingerprint density at radius 2 is 1.60 bits per heavy atom. The van der Waals surface area contributed by atoms with Crippen LogP contribution >= 0.6 is 0 Å². The molecule has 0 aliphatic heterocycles. The summed E-state index contributed by atoms with van der Waals surface area (Å²) in [5.41, 5.74) is 2.19. The van der Waals surface area contributed by atoms with Gasteiger partial charge < -0.3 is 18.6 Å². The molecule has 0 spiro atoms. The van der Waals surface area contributed by atoms with Gasteiger partial charge in [0, 0.05) is 24.0 Å². The molecule has 0 bridgehead atoms. The number of aryl methyl sites for hydroxylation is 1. The van der Waals surface area contributed by atoms with Gasteiger partial charge in [0.25, 0.3) is 0 Å². The Morgan fingerprint density at radius 3 is 2.30 bits per heavy atom. The highest BCUT2D eigenvalue weighted by molar-refractivity contribution is 5.96. The predicted octanol–water partition coefficient (Wildman–Crippen LogP) is 5.35. The van der Waals surface area contributed by atoms with Crippen LogP contribution < -0.4 is 14.2 Å². The quantitative estimate of drug-likeness (QED) is 0.397. The maximum absolute atomic E-state index is 12.4. The third-order valence-corrected chi connectivity index (χ3v) is 4.44. The SMILES string of the molecule is CCOc1ccc(C(=O)CCc2coc(-c3ccc(OCC)c(OCC)c3)n2)cc1. The molecular weight excluding hydrogens is 382 g/mol. The van der Waals surface area contributed by atoms with Crippen LogP contribution in [0.25, 0.3) is 11.5 Å². The van der Waals surface area contributed by atoms with Gasteiger partial charge in [0.05, 0.1) is 25.5 Å². The molecule has 30 heavy (non-hydrogen) atoms. The maximum atomic E-state index is 12.4. The first-order chi connectivity index (χ1) is 14.6. The van der Waals surface area contributed by atoms with Crippen LogP contribution in [0.2, 0.25) is 0 Å². The largest absolute Gasteiger partial charge is 0.494 e. The van der Waals surface area contributed by atoms with E-state index in [2.05, 4.69) is 4.98 Å². The van der Waals surface area contributed by atoms with Crippen molar-refractivity contribution in [2.45, 2.75) is 33.6 Å². The summed E-state index contributed by atoms with van der Waals surface area (Å²) in [6, 6.07) is 12.8. The number of Topliss-reactive ketones (excluding diaryl/α,β-unsaturated/α-hetero) is 1. The van der Waals surface area contributed by atoms with E-state index in [-0.39, 0.29) is 5.78 Å².